The second-order valence-corrected chi connectivity index (χ2v) is 6.40. The summed E-state index contributed by atoms with van der Waals surface area (Å²) in [6.07, 6.45) is 4.29. The molecule has 0 unspecified atom stereocenters. The molecule has 0 bridgehead atoms. The highest BCUT2D eigenvalue weighted by Gasteiger charge is 2.19. The Morgan fingerprint density at radius 2 is 1.92 bits per heavy atom. The van der Waals surface area contributed by atoms with Gasteiger partial charge in [0.15, 0.2) is 0 Å². The highest BCUT2D eigenvalue weighted by atomic mass is 16.6. The lowest BCUT2D eigenvalue weighted by Crippen LogP contribution is -2.42. The van der Waals surface area contributed by atoms with E-state index in [4.69, 9.17) is 4.74 Å². The summed E-state index contributed by atoms with van der Waals surface area (Å²) in [4.78, 5) is 30.8. The number of H-pyrrole nitrogens is 1. The zero-order chi connectivity index (χ0) is 18.9. The molecule has 26 heavy (non-hydrogen) atoms. The minimum absolute atomic E-state index is 0.0381. The van der Waals surface area contributed by atoms with Crippen LogP contribution in [0.3, 0.4) is 0 Å². The molecule has 0 radical (unpaired) electrons. The van der Waals surface area contributed by atoms with Crippen LogP contribution in [0.5, 0.6) is 0 Å². The summed E-state index contributed by atoms with van der Waals surface area (Å²) < 4.78 is 4.94. The van der Waals surface area contributed by atoms with Crippen LogP contribution in [-0.2, 0) is 16.0 Å². The van der Waals surface area contributed by atoms with Crippen molar-refractivity contribution in [1.82, 2.24) is 14.8 Å². The highest BCUT2D eigenvalue weighted by molar-refractivity contribution is 5.84. The van der Waals surface area contributed by atoms with E-state index in [-0.39, 0.29) is 12.5 Å². The van der Waals surface area contributed by atoms with Crippen LogP contribution in [0.4, 0.5) is 4.79 Å². The van der Waals surface area contributed by atoms with Crippen LogP contribution >= 0.6 is 0 Å². The number of hydrogen-bond acceptors (Lipinski definition) is 3. The normalized spacial score (nSPS) is 10.7. The number of nitrogens with zero attached hydrogens (tertiary/aromatic N) is 2. The van der Waals surface area contributed by atoms with Crippen molar-refractivity contribution in [1.29, 1.82) is 0 Å². The summed E-state index contributed by atoms with van der Waals surface area (Å²) in [5.74, 6) is -0.0474. The number of para-hydroxylation sites is 1. The molecule has 1 N–H and O–H groups in total. The number of nitrogens with one attached hydrogen (secondary N) is 1. The first-order valence-electron chi connectivity index (χ1n) is 9.27. The van der Waals surface area contributed by atoms with Crippen molar-refractivity contribution in [3.8, 4) is 0 Å². The Hall–Kier alpha value is -2.50. The second-order valence-electron chi connectivity index (χ2n) is 6.40. The molecule has 6 heteroatoms. The van der Waals surface area contributed by atoms with Gasteiger partial charge in [-0.15, -0.1) is 0 Å². The van der Waals surface area contributed by atoms with Crippen molar-refractivity contribution in [2.24, 2.45) is 0 Å². The summed E-state index contributed by atoms with van der Waals surface area (Å²) in [6.45, 7) is 5.54. The van der Waals surface area contributed by atoms with Crippen molar-refractivity contribution < 1.29 is 14.3 Å². The van der Waals surface area contributed by atoms with Crippen LogP contribution < -0.4 is 0 Å². The van der Waals surface area contributed by atoms with E-state index < -0.39 is 6.09 Å². The number of hydrogen-bond donors (Lipinski definition) is 1. The zero-order valence-corrected chi connectivity index (χ0v) is 16.0. The summed E-state index contributed by atoms with van der Waals surface area (Å²) in [5, 5.41) is 1.19. The molecule has 142 valence electrons. The standard InChI is InChI=1S/C20H29N3O3/c1-4-6-12-23(19(24)15-22(3)20(25)26-5-2)13-11-16-14-21-18-10-8-7-9-17(16)18/h7-10,14,21H,4-6,11-13,15H2,1-3H3. The fraction of sp³-hybridized carbons (Fsp3) is 0.500. The molecule has 0 atom stereocenters. The topological polar surface area (TPSA) is 65.6 Å². The number of benzene rings is 1. The van der Waals surface area contributed by atoms with E-state index in [1.807, 2.05) is 29.3 Å². The second kappa shape index (κ2) is 9.85. The first kappa shape index (κ1) is 19.8. The number of unbranched alkanes of at least 4 members (excludes halogenated alkanes) is 1. The Labute approximate surface area is 155 Å². The van der Waals surface area contributed by atoms with Gasteiger partial charge in [-0.05, 0) is 31.4 Å². The Bertz CT molecular complexity index is 726. The van der Waals surface area contributed by atoms with E-state index in [1.54, 1.807) is 14.0 Å². The minimum Gasteiger partial charge on any atom is -0.450 e. The Balaban J connectivity index is 1.99. The average molecular weight is 359 g/mol. The van der Waals surface area contributed by atoms with Gasteiger partial charge in [0.05, 0.1) is 6.61 Å². The fourth-order valence-corrected chi connectivity index (χ4v) is 2.91. The summed E-state index contributed by atoms with van der Waals surface area (Å²) >= 11 is 0. The van der Waals surface area contributed by atoms with Crippen molar-refractivity contribution in [3.63, 3.8) is 0 Å². The van der Waals surface area contributed by atoms with Crippen LogP contribution in [0.2, 0.25) is 0 Å². The van der Waals surface area contributed by atoms with Crippen LogP contribution in [0.25, 0.3) is 10.9 Å². The number of rotatable bonds is 9. The average Bonchev–Trinajstić information content (AvgIpc) is 3.05. The number of amides is 2. The van der Waals surface area contributed by atoms with E-state index >= 15 is 0 Å². The smallest absolute Gasteiger partial charge is 0.409 e. The van der Waals surface area contributed by atoms with Crippen molar-refractivity contribution in [2.45, 2.75) is 33.1 Å². The largest absolute Gasteiger partial charge is 0.450 e. The molecule has 0 saturated heterocycles. The van der Waals surface area contributed by atoms with Gasteiger partial charge in [-0.25, -0.2) is 4.79 Å². The molecule has 0 saturated carbocycles. The van der Waals surface area contributed by atoms with E-state index in [1.165, 1.54) is 15.8 Å². The third-order valence-corrected chi connectivity index (χ3v) is 4.41. The molecule has 0 aliphatic heterocycles. The van der Waals surface area contributed by atoms with Gasteiger partial charge in [-0.3, -0.25) is 4.79 Å². The van der Waals surface area contributed by atoms with Gasteiger partial charge in [0.25, 0.3) is 0 Å². The number of likely N-dealkylation sites (N-methyl/N-ethyl adjacent to an activating group) is 1. The van der Waals surface area contributed by atoms with Gasteiger partial charge in [0.1, 0.15) is 6.54 Å². The van der Waals surface area contributed by atoms with Gasteiger partial charge < -0.3 is 19.5 Å². The van der Waals surface area contributed by atoms with Crippen molar-refractivity contribution in [3.05, 3.63) is 36.0 Å². The van der Waals surface area contributed by atoms with Gasteiger partial charge in [-0.1, -0.05) is 31.5 Å². The van der Waals surface area contributed by atoms with E-state index in [0.29, 0.717) is 19.7 Å². The predicted octanol–water partition coefficient (Wildman–Crippen LogP) is 3.43. The van der Waals surface area contributed by atoms with Gasteiger partial charge in [0.2, 0.25) is 5.91 Å². The first-order valence-corrected chi connectivity index (χ1v) is 9.27. The van der Waals surface area contributed by atoms with E-state index in [0.717, 1.165) is 24.8 Å². The van der Waals surface area contributed by atoms with Crippen LogP contribution in [-0.4, -0.2) is 60.1 Å². The van der Waals surface area contributed by atoms with Crippen LogP contribution in [0.1, 0.15) is 32.3 Å². The Kier molecular flexibility index (Phi) is 7.51. The Morgan fingerprint density at radius 3 is 2.65 bits per heavy atom. The van der Waals surface area contributed by atoms with Gasteiger partial charge in [-0.2, -0.15) is 0 Å². The SMILES string of the molecule is CCCCN(CCc1c[nH]c2ccccc12)C(=O)CN(C)C(=O)OCC. The monoisotopic (exact) mass is 359 g/mol. The predicted molar refractivity (Wildman–Crippen MR) is 103 cm³/mol. The maximum Gasteiger partial charge on any atom is 0.409 e. The highest BCUT2D eigenvalue weighted by Crippen LogP contribution is 2.18. The van der Waals surface area contributed by atoms with E-state index in [2.05, 4.69) is 18.0 Å². The number of carbonyl (C=O) groups is 2. The number of aromatic nitrogens is 1. The first-order chi connectivity index (χ1) is 12.6. The molecule has 0 fully saturated rings. The summed E-state index contributed by atoms with van der Waals surface area (Å²) in [7, 11) is 1.59. The number of carbonyl (C=O) groups excluding carboxylic acids is 2. The summed E-state index contributed by atoms with van der Waals surface area (Å²) in [6, 6.07) is 8.17. The molecule has 0 aliphatic carbocycles. The van der Waals surface area contributed by atoms with Crippen molar-refractivity contribution >= 4 is 22.9 Å². The minimum atomic E-state index is -0.465. The van der Waals surface area contributed by atoms with Crippen LogP contribution in [0, 0.1) is 0 Å². The van der Waals surface area contributed by atoms with E-state index in [9.17, 15) is 9.59 Å². The molecule has 6 nitrogen and oxygen atoms in total. The molecule has 1 heterocycles. The Morgan fingerprint density at radius 1 is 1.15 bits per heavy atom. The molecular formula is C20H29N3O3. The quantitative estimate of drug-likeness (QED) is 0.746. The van der Waals surface area contributed by atoms with Crippen LogP contribution in [0.15, 0.2) is 30.5 Å². The molecule has 0 spiro atoms. The lowest BCUT2D eigenvalue weighted by molar-refractivity contribution is -0.131. The lowest BCUT2D eigenvalue weighted by atomic mass is 10.1. The molecule has 2 aromatic rings. The number of fused-ring (bicyclic) bond motifs is 1. The van der Waals surface area contributed by atoms with Gasteiger partial charge >= 0.3 is 6.09 Å². The maximum absolute atomic E-state index is 12.7. The number of aromatic amines is 1. The summed E-state index contributed by atoms with van der Waals surface area (Å²) in [5.41, 5.74) is 2.31. The third-order valence-electron chi connectivity index (χ3n) is 4.41. The molecule has 1 aromatic heterocycles. The zero-order valence-electron chi connectivity index (χ0n) is 16.0. The lowest BCUT2D eigenvalue weighted by Gasteiger charge is -2.25. The number of ether oxygens (including phenoxy) is 1. The molecule has 0 aliphatic rings. The molecule has 1 aromatic carbocycles. The van der Waals surface area contributed by atoms with Gasteiger partial charge in [0, 0.05) is 37.2 Å². The van der Waals surface area contributed by atoms with Crippen molar-refractivity contribution in [2.75, 3.05) is 33.3 Å². The molecule has 2 rings (SSSR count). The fourth-order valence-electron chi connectivity index (χ4n) is 2.91. The maximum atomic E-state index is 12.7. The molecule has 2 amide bonds. The molecular weight excluding hydrogens is 330 g/mol. The third kappa shape index (κ3) is 5.25.